The molecule has 0 radical (unpaired) electrons. The number of unbranched alkanes of at least 4 members (excludes halogenated alkanes) is 18. The van der Waals surface area contributed by atoms with Gasteiger partial charge in [-0.15, -0.1) is 0 Å². The molecule has 1 unspecified atom stereocenters. The van der Waals surface area contributed by atoms with Gasteiger partial charge in [-0.1, -0.05) is 148 Å². The van der Waals surface area contributed by atoms with Gasteiger partial charge < -0.3 is 9.80 Å². The minimum Gasteiger partial charge on any atom is -0.356 e. The maximum Gasteiger partial charge on any atom is 0.105 e. The molecule has 2 rings (SSSR count). The fourth-order valence-electron chi connectivity index (χ4n) is 5.50. The molecule has 0 saturated carbocycles. The van der Waals surface area contributed by atoms with Crippen molar-refractivity contribution in [2.45, 2.75) is 155 Å². The quantitative estimate of drug-likeness (QED) is 0.143. The highest BCUT2D eigenvalue weighted by molar-refractivity contribution is 5.51. The Hall–Kier alpha value is -1.44. The second kappa shape index (κ2) is 20.7. The summed E-state index contributed by atoms with van der Waals surface area (Å²) in [5.74, 6) is 0. The molecule has 0 fully saturated rings. The van der Waals surface area contributed by atoms with Gasteiger partial charge in [0.2, 0.25) is 0 Å². The SMILES string of the molecule is CCCCCCCCCCCCCCCCCCCC1N(CCCCC)C=CN1c1ccccc1. The predicted octanol–water partition coefficient (Wildman–Crippen LogP) is 10.8. The molecule has 0 N–H and O–H groups in total. The van der Waals surface area contributed by atoms with Gasteiger partial charge in [-0.05, 0) is 31.4 Å². The highest BCUT2D eigenvalue weighted by atomic mass is 15.4. The van der Waals surface area contributed by atoms with Crippen LogP contribution < -0.4 is 4.90 Å². The zero-order valence-corrected chi connectivity index (χ0v) is 23.6. The van der Waals surface area contributed by atoms with Crippen molar-refractivity contribution in [3.05, 3.63) is 42.7 Å². The van der Waals surface area contributed by atoms with Gasteiger partial charge in [0, 0.05) is 24.6 Å². The second-order valence-corrected chi connectivity index (χ2v) is 10.9. The number of hydrogen-bond donors (Lipinski definition) is 0. The molecule has 1 heterocycles. The Balaban J connectivity index is 1.48. The highest BCUT2D eigenvalue weighted by Gasteiger charge is 2.26. The summed E-state index contributed by atoms with van der Waals surface area (Å²) >= 11 is 0. The molecule has 0 aromatic heterocycles. The van der Waals surface area contributed by atoms with Crippen molar-refractivity contribution < 1.29 is 0 Å². The molecule has 1 aromatic carbocycles. The fourth-order valence-corrected chi connectivity index (χ4v) is 5.50. The first kappa shape index (κ1) is 29.8. The van der Waals surface area contributed by atoms with Crippen LogP contribution in [0, 0.1) is 0 Å². The van der Waals surface area contributed by atoms with Crippen LogP contribution in [0.1, 0.15) is 149 Å². The Bertz CT molecular complexity index is 611. The van der Waals surface area contributed by atoms with Crippen molar-refractivity contribution in [2.75, 3.05) is 11.4 Å². The first-order valence-corrected chi connectivity index (χ1v) is 15.6. The Labute approximate surface area is 219 Å². The van der Waals surface area contributed by atoms with Crippen molar-refractivity contribution in [2.24, 2.45) is 0 Å². The van der Waals surface area contributed by atoms with E-state index in [1.807, 2.05) is 0 Å². The number of anilines is 1. The minimum absolute atomic E-state index is 0.505. The third kappa shape index (κ3) is 13.4. The molecular formula is C33H58N2. The summed E-state index contributed by atoms with van der Waals surface area (Å²) in [5.41, 5.74) is 1.33. The summed E-state index contributed by atoms with van der Waals surface area (Å²) in [4.78, 5) is 5.09. The molecule has 0 amide bonds. The predicted molar refractivity (Wildman–Crippen MR) is 157 cm³/mol. The van der Waals surface area contributed by atoms with Gasteiger partial charge in [0.05, 0.1) is 0 Å². The van der Waals surface area contributed by atoms with Crippen LogP contribution in [0.5, 0.6) is 0 Å². The summed E-state index contributed by atoms with van der Waals surface area (Å²) in [6.45, 7) is 5.79. The van der Waals surface area contributed by atoms with E-state index < -0.39 is 0 Å². The molecule has 2 heteroatoms. The van der Waals surface area contributed by atoms with Crippen molar-refractivity contribution in [3.63, 3.8) is 0 Å². The maximum absolute atomic E-state index is 2.59. The topological polar surface area (TPSA) is 6.48 Å². The Morgan fingerprint density at radius 1 is 0.514 bits per heavy atom. The van der Waals surface area contributed by atoms with Gasteiger partial charge >= 0.3 is 0 Å². The molecule has 200 valence electrons. The van der Waals surface area contributed by atoms with Crippen LogP contribution in [0.15, 0.2) is 42.7 Å². The van der Waals surface area contributed by atoms with Crippen molar-refractivity contribution in [3.8, 4) is 0 Å². The number of nitrogens with zero attached hydrogens (tertiary/aromatic N) is 2. The Morgan fingerprint density at radius 3 is 1.49 bits per heavy atom. The molecule has 2 nitrogen and oxygen atoms in total. The molecular weight excluding hydrogens is 424 g/mol. The molecule has 35 heavy (non-hydrogen) atoms. The third-order valence-electron chi connectivity index (χ3n) is 7.76. The van der Waals surface area contributed by atoms with Crippen LogP contribution in [0.25, 0.3) is 0 Å². The first-order chi connectivity index (χ1) is 17.4. The average molecular weight is 483 g/mol. The van der Waals surface area contributed by atoms with E-state index in [-0.39, 0.29) is 0 Å². The van der Waals surface area contributed by atoms with Crippen LogP contribution in [0.4, 0.5) is 5.69 Å². The van der Waals surface area contributed by atoms with Crippen molar-refractivity contribution >= 4 is 5.69 Å². The van der Waals surface area contributed by atoms with E-state index >= 15 is 0 Å². The number of hydrogen-bond acceptors (Lipinski definition) is 2. The maximum atomic E-state index is 2.59. The fraction of sp³-hybridized carbons (Fsp3) is 0.758. The van der Waals surface area contributed by atoms with Crippen molar-refractivity contribution in [1.29, 1.82) is 0 Å². The summed E-state index contributed by atoms with van der Waals surface area (Å²) < 4.78 is 0. The summed E-state index contributed by atoms with van der Waals surface area (Å²) in [7, 11) is 0. The normalized spacial score (nSPS) is 15.4. The molecule has 0 saturated heterocycles. The van der Waals surface area contributed by atoms with Gasteiger partial charge in [0.15, 0.2) is 0 Å². The lowest BCUT2D eigenvalue weighted by molar-refractivity contribution is 0.274. The van der Waals surface area contributed by atoms with Crippen LogP contribution in [-0.4, -0.2) is 17.6 Å². The van der Waals surface area contributed by atoms with Gasteiger partial charge in [0.1, 0.15) is 6.17 Å². The first-order valence-electron chi connectivity index (χ1n) is 15.6. The van der Waals surface area contributed by atoms with E-state index in [9.17, 15) is 0 Å². The molecule has 1 aliphatic rings. The Morgan fingerprint density at radius 2 is 0.971 bits per heavy atom. The number of benzene rings is 1. The smallest absolute Gasteiger partial charge is 0.105 e. The minimum atomic E-state index is 0.505. The summed E-state index contributed by atoms with van der Waals surface area (Å²) in [6.07, 6.45) is 34.8. The Kier molecular flexibility index (Phi) is 17.6. The molecule has 0 aliphatic carbocycles. The summed E-state index contributed by atoms with van der Waals surface area (Å²) in [6, 6.07) is 10.9. The number of rotatable bonds is 23. The standard InChI is InChI=1S/C33H58N2/c1-3-5-7-8-9-10-11-12-13-14-15-16-17-18-19-20-24-28-33-34(29-25-6-4-2)30-31-35(33)32-26-22-21-23-27-32/h21-23,26-27,30-31,33H,3-20,24-25,28-29H2,1-2H3. The van der Waals surface area contributed by atoms with Crippen LogP contribution in [0.2, 0.25) is 0 Å². The van der Waals surface area contributed by atoms with Gasteiger partial charge in [-0.25, -0.2) is 0 Å². The zero-order chi connectivity index (χ0) is 24.8. The summed E-state index contributed by atoms with van der Waals surface area (Å²) in [5, 5.41) is 0. The second-order valence-electron chi connectivity index (χ2n) is 10.9. The van der Waals surface area contributed by atoms with E-state index in [1.54, 1.807) is 0 Å². The van der Waals surface area contributed by atoms with E-state index in [4.69, 9.17) is 0 Å². The van der Waals surface area contributed by atoms with Gasteiger partial charge in [0.25, 0.3) is 0 Å². The van der Waals surface area contributed by atoms with Gasteiger partial charge in [-0.3, -0.25) is 0 Å². The molecule has 1 aromatic rings. The molecule has 1 atom stereocenters. The van der Waals surface area contributed by atoms with Crippen molar-refractivity contribution in [1.82, 2.24) is 4.90 Å². The molecule has 0 bridgehead atoms. The van der Waals surface area contributed by atoms with Crippen LogP contribution in [0.3, 0.4) is 0 Å². The average Bonchev–Trinajstić information content (AvgIpc) is 3.29. The van der Waals surface area contributed by atoms with E-state index in [1.165, 1.54) is 147 Å². The van der Waals surface area contributed by atoms with E-state index in [2.05, 4.69) is 66.4 Å². The molecule has 0 spiro atoms. The monoisotopic (exact) mass is 482 g/mol. The third-order valence-corrected chi connectivity index (χ3v) is 7.76. The highest BCUT2D eigenvalue weighted by Crippen LogP contribution is 2.28. The molecule has 1 aliphatic heterocycles. The lowest BCUT2D eigenvalue weighted by Crippen LogP contribution is -2.39. The van der Waals surface area contributed by atoms with Crippen LogP contribution >= 0.6 is 0 Å². The van der Waals surface area contributed by atoms with E-state index in [0.29, 0.717) is 6.17 Å². The number of para-hydroxylation sites is 1. The van der Waals surface area contributed by atoms with Gasteiger partial charge in [-0.2, -0.15) is 0 Å². The lowest BCUT2D eigenvalue weighted by atomic mass is 10.0. The zero-order valence-electron chi connectivity index (χ0n) is 23.6. The lowest BCUT2D eigenvalue weighted by Gasteiger charge is -2.33. The van der Waals surface area contributed by atoms with Crippen LogP contribution in [-0.2, 0) is 0 Å². The van der Waals surface area contributed by atoms with E-state index in [0.717, 1.165) is 0 Å². The largest absolute Gasteiger partial charge is 0.356 e.